The molecule has 0 radical (unpaired) electrons. The van der Waals surface area contributed by atoms with Crippen LogP contribution in [0.2, 0.25) is 0 Å². The van der Waals surface area contributed by atoms with Crippen molar-refractivity contribution in [3.8, 4) is 0 Å². The van der Waals surface area contributed by atoms with Crippen LogP contribution in [0.25, 0.3) is 0 Å². The quantitative estimate of drug-likeness (QED) is 0.0663. The van der Waals surface area contributed by atoms with Gasteiger partial charge in [-0.1, -0.05) is 163 Å². The Kier molecular flexibility index (Phi) is 28.6. The standard InChI is InChI=1S/C32H65NO.H2O4S/c1-5-9-13-14-15-16-17-18-19-20-21-22-23-24-25-27-30(26-10-6-2)32(31(33)34,28-11-7-3)29-12-8-4;1-5(2,3)4/h30H,5-29H2,1-4H3,(H2,33,34);(H2,1,2,3,4). The molecule has 1 unspecified atom stereocenters. The normalized spacial score (nSPS) is 12.7. The summed E-state index contributed by atoms with van der Waals surface area (Å²) in [7, 11) is -4.67. The number of rotatable bonds is 27. The van der Waals surface area contributed by atoms with E-state index >= 15 is 0 Å². The van der Waals surface area contributed by atoms with Gasteiger partial charge in [-0.15, -0.1) is 0 Å². The van der Waals surface area contributed by atoms with Crippen LogP contribution in [-0.2, 0) is 15.2 Å². The van der Waals surface area contributed by atoms with E-state index in [1.165, 1.54) is 122 Å². The van der Waals surface area contributed by atoms with Gasteiger partial charge >= 0.3 is 10.4 Å². The van der Waals surface area contributed by atoms with Crippen LogP contribution >= 0.6 is 0 Å². The largest absolute Gasteiger partial charge is 0.394 e. The van der Waals surface area contributed by atoms with Crippen LogP contribution in [-0.4, -0.2) is 23.4 Å². The van der Waals surface area contributed by atoms with E-state index in [1.54, 1.807) is 0 Å². The van der Waals surface area contributed by atoms with Gasteiger partial charge in [0.15, 0.2) is 0 Å². The summed E-state index contributed by atoms with van der Waals surface area (Å²) < 4.78 is 31.6. The summed E-state index contributed by atoms with van der Waals surface area (Å²) in [5, 5.41) is 0. The Labute approximate surface area is 243 Å². The minimum absolute atomic E-state index is 0.00328. The summed E-state index contributed by atoms with van der Waals surface area (Å²) in [6, 6.07) is 0. The van der Waals surface area contributed by atoms with Gasteiger partial charge in [0.2, 0.25) is 5.91 Å². The van der Waals surface area contributed by atoms with Crippen molar-refractivity contribution in [3.63, 3.8) is 0 Å². The van der Waals surface area contributed by atoms with E-state index in [0.717, 1.165) is 38.5 Å². The molecule has 0 saturated heterocycles. The first-order valence-corrected chi connectivity index (χ1v) is 18.0. The lowest BCUT2D eigenvalue weighted by atomic mass is 9.65. The predicted molar refractivity (Wildman–Crippen MR) is 167 cm³/mol. The number of carbonyl (C=O) groups excluding carboxylic acids is 1. The molecule has 0 aromatic carbocycles. The molecule has 0 fully saturated rings. The fourth-order valence-corrected chi connectivity index (χ4v) is 5.87. The first-order chi connectivity index (χ1) is 18.6. The van der Waals surface area contributed by atoms with Crippen LogP contribution < -0.4 is 5.73 Å². The fourth-order valence-electron chi connectivity index (χ4n) is 5.87. The Morgan fingerprint density at radius 3 is 1.15 bits per heavy atom. The molecule has 0 aliphatic rings. The summed E-state index contributed by atoms with van der Waals surface area (Å²) in [6.45, 7) is 9.04. The lowest BCUT2D eigenvalue weighted by molar-refractivity contribution is -0.133. The molecule has 0 heterocycles. The maximum absolute atomic E-state index is 12.8. The Balaban J connectivity index is 0. The van der Waals surface area contributed by atoms with Crippen molar-refractivity contribution < 1.29 is 22.3 Å². The van der Waals surface area contributed by atoms with Gasteiger partial charge < -0.3 is 5.73 Å². The van der Waals surface area contributed by atoms with Crippen LogP contribution in [0.1, 0.15) is 188 Å². The van der Waals surface area contributed by atoms with E-state index in [9.17, 15) is 4.79 Å². The zero-order chi connectivity index (χ0) is 29.8. The highest BCUT2D eigenvalue weighted by atomic mass is 32.3. The van der Waals surface area contributed by atoms with E-state index in [-0.39, 0.29) is 11.3 Å². The van der Waals surface area contributed by atoms with Crippen LogP contribution in [0.3, 0.4) is 0 Å². The number of nitrogens with two attached hydrogens (primary N) is 1. The molecule has 0 aromatic heterocycles. The van der Waals surface area contributed by atoms with Crippen LogP contribution in [0.15, 0.2) is 0 Å². The van der Waals surface area contributed by atoms with E-state index < -0.39 is 10.4 Å². The molecule has 4 N–H and O–H groups in total. The molecule has 6 nitrogen and oxygen atoms in total. The second-order valence-corrected chi connectivity index (χ2v) is 12.6. The van der Waals surface area contributed by atoms with Crippen molar-refractivity contribution in [3.05, 3.63) is 0 Å². The van der Waals surface area contributed by atoms with E-state index in [0.29, 0.717) is 5.92 Å². The van der Waals surface area contributed by atoms with Crippen molar-refractivity contribution in [2.45, 2.75) is 188 Å². The van der Waals surface area contributed by atoms with Gasteiger partial charge in [0.25, 0.3) is 0 Å². The molecule has 1 atom stereocenters. The molecule has 0 bridgehead atoms. The summed E-state index contributed by atoms with van der Waals surface area (Å²) in [6.07, 6.45) is 32.5. The molecule has 236 valence electrons. The molecule has 0 aliphatic carbocycles. The second kappa shape index (κ2) is 27.5. The summed E-state index contributed by atoms with van der Waals surface area (Å²) in [4.78, 5) is 12.8. The Bertz CT molecular complexity index is 622. The predicted octanol–water partition coefficient (Wildman–Crippen LogP) is 10.3. The molecule has 1 amide bonds. The Morgan fingerprint density at radius 2 is 0.846 bits per heavy atom. The molecular weight excluding hydrogens is 510 g/mol. The summed E-state index contributed by atoms with van der Waals surface area (Å²) in [5.74, 6) is 0.487. The van der Waals surface area contributed by atoms with Gasteiger partial charge in [-0.25, -0.2) is 0 Å². The lowest BCUT2D eigenvalue weighted by Crippen LogP contribution is -2.43. The highest BCUT2D eigenvalue weighted by molar-refractivity contribution is 7.79. The lowest BCUT2D eigenvalue weighted by Gasteiger charge is -2.39. The Morgan fingerprint density at radius 1 is 0.564 bits per heavy atom. The summed E-state index contributed by atoms with van der Waals surface area (Å²) in [5.41, 5.74) is 5.89. The van der Waals surface area contributed by atoms with Crippen molar-refractivity contribution in [2.75, 3.05) is 0 Å². The van der Waals surface area contributed by atoms with Crippen LogP contribution in [0.4, 0.5) is 0 Å². The molecular formula is C32H67NO5S. The van der Waals surface area contributed by atoms with Crippen molar-refractivity contribution in [1.82, 2.24) is 0 Å². The minimum atomic E-state index is -4.67. The molecule has 0 aliphatic heterocycles. The van der Waals surface area contributed by atoms with Crippen LogP contribution in [0, 0.1) is 11.3 Å². The highest BCUT2D eigenvalue weighted by Gasteiger charge is 2.42. The van der Waals surface area contributed by atoms with Gasteiger partial charge in [0, 0.05) is 0 Å². The Hall–Kier alpha value is -0.660. The zero-order valence-corrected chi connectivity index (χ0v) is 27.2. The summed E-state index contributed by atoms with van der Waals surface area (Å²) >= 11 is 0. The van der Waals surface area contributed by atoms with Crippen molar-refractivity contribution >= 4 is 16.3 Å². The second-order valence-electron chi connectivity index (χ2n) is 11.8. The first kappa shape index (κ1) is 40.5. The van der Waals surface area contributed by atoms with Gasteiger partial charge in [0.05, 0.1) is 5.41 Å². The number of hydrogen-bond donors (Lipinski definition) is 3. The van der Waals surface area contributed by atoms with E-state index in [4.69, 9.17) is 23.3 Å². The molecule has 0 rings (SSSR count). The molecule has 39 heavy (non-hydrogen) atoms. The third kappa shape index (κ3) is 26.0. The van der Waals surface area contributed by atoms with Gasteiger partial charge in [-0.3, -0.25) is 13.9 Å². The topological polar surface area (TPSA) is 118 Å². The number of hydrogen-bond acceptors (Lipinski definition) is 3. The number of amides is 1. The van der Waals surface area contributed by atoms with E-state index in [1.807, 2.05) is 0 Å². The highest BCUT2D eigenvalue weighted by Crippen LogP contribution is 2.44. The fraction of sp³-hybridized carbons (Fsp3) is 0.969. The van der Waals surface area contributed by atoms with Gasteiger partial charge in [-0.2, -0.15) is 8.42 Å². The first-order valence-electron chi connectivity index (χ1n) is 16.6. The zero-order valence-electron chi connectivity index (χ0n) is 26.4. The molecule has 0 saturated carbocycles. The smallest absolute Gasteiger partial charge is 0.369 e. The minimum Gasteiger partial charge on any atom is -0.369 e. The average molecular weight is 578 g/mol. The maximum Gasteiger partial charge on any atom is 0.394 e. The van der Waals surface area contributed by atoms with Crippen LogP contribution in [0.5, 0.6) is 0 Å². The maximum atomic E-state index is 12.8. The third-order valence-corrected chi connectivity index (χ3v) is 8.29. The van der Waals surface area contributed by atoms with Crippen molar-refractivity contribution in [2.24, 2.45) is 17.1 Å². The molecule has 0 spiro atoms. The number of unbranched alkanes of at least 4 members (excludes halogenated alkanes) is 17. The number of carbonyl (C=O) groups is 1. The number of primary amides is 1. The SMILES string of the molecule is CCCCCCCCCCCCCCCCCC(CCCC)C(CCCC)(CCCC)C(N)=O.O=S(=O)(O)O. The average Bonchev–Trinajstić information content (AvgIpc) is 2.87. The van der Waals surface area contributed by atoms with Gasteiger partial charge in [-0.05, 0) is 31.6 Å². The molecule has 0 aromatic rings. The molecule has 7 heteroatoms. The van der Waals surface area contributed by atoms with Gasteiger partial charge in [0.1, 0.15) is 0 Å². The monoisotopic (exact) mass is 577 g/mol. The van der Waals surface area contributed by atoms with E-state index in [2.05, 4.69) is 27.7 Å². The van der Waals surface area contributed by atoms with Crippen molar-refractivity contribution in [1.29, 1.82) is 0 Å². The third-order valence-electron chi connectivity index (χ3n) is 8.29.